The fourth-order valence-corrected chi connectivity index (χ4v) is 2.55. The van der Waals surface area contributed by atoms with Gasteiger partial charge in [-0.25, -0.2) is 4.39 Å². The molecule has 0 aliphatic heterocycles. The highest BCUT2D eigenvalue weighted by Crippen LogP contribution is 2.33. The molecule has 1 heterocycles. The van der Waals surface area contributed by atoms with Gasteiger partial charge >= 0.3 is 0 Å². The Morgan fingerprint density at radius 3 is 2.67 bits per heavy atom. The van der Waals surface area contributed by atoms with E-state index in [-0.39, 0.29) is 17.4 Å². The molecule has 1 atom stereocenters. The molecule has 0 radical (unpaired) electrons. The molecule has 1 aromatic heterocycles. The number of para-hydroxylation sites is 2. The maximum Gasteiger partial charge on any atom is 0.169 e. The molecule has 0 saturated carbocycles. The van der Waals surface area contributed by atoms with Crippen LogP contribution in [0.4, 0.5) is 4.39 Å². The van der Waals surface area contributed by atoms with Crippen molar-refractivity contribution in [2.45, 2.75) is 6.04 Å². The summed E-state index contributed by atoms with van der Waals surface area (Å²) in [7, 11) is 3.46. The Hall–Kier alpha value is -2.33. The molecule has 1 N–H and O–H groups in total. The molecule has 3 nitrogen and oxygen atoms in total. The van der Waals surface area contributed by atoms with Crippen molar-refractivity contribution in [2.75, 3.05) is 14.2 Å². The summed E-state index contributed by atoms with van der Waals surface area (Å²) >= 11 is 0. The second kappa shape index (κ2) is 5.58. The second-order valence-corrected chi connectivity index (χ2v) is 4.77. The monoisotopic (exact) mass is 285 g/mol. The van der Waals surface area contributed by atoms with Crippen LogP contribution in [0.5, 0.6) is 5.75 Å². The van der Waals surface area contributed by atoms with E-state index in [1.807, 2.05) is 43.4 Å². The molecule has 2 aromatic carbocycles. The van der Waals surface area contributed by atoms with Crippen molar-refractivity contribution in [1.82, 2.24) is 5.32 Å². The van der Waals surface area contributed by atoms with Crippen LogP contribution in [0.25, 0.3) is 11.0 Å². The quantitative estimate of drug-likeness (QED) is 0.789. The first-order chi connectivity index (χ1) is 10.2. The van der Waals surface area contributed by atoms with Crippen LogP contribution in [0, 0.1) is 5.82 Å². The predicted octanol–water partition coefficient (Wildman–Crippen LogP) is 3.89. The lowest BCUT2D eigenvalue weighted by Gasteiger charge is -2.17. The van der Waals surface area contributed by atoms with Crippen molar-refractivity contribution < 1.29 is 13.5 Å². The molecule has 21 heavy (non-hydrogen) atoms. The van der Waals surface area contributed by atoms with E-state index in [2.05, 4.69) is 5.32 Å². The Labute approximate surface area is 122 Å². The lowest BCUT2D eigenvalue weighted by atomic mass is 10.0. The zero-order chi connectivity index (χ0) is 14.8. The summed E-state index contributed by atoms with van der Waals surface area (Å²) in [6, 6.07) is 14.3. The average Bonchev–Trinajstić information content (AvgIpc) is 2.94. The Kier molecular flexibility index (Phi) is 3.62. The smallest absolute Gasteiger partial charge is 0.169 e. The number of rotatable bonds is 4. The molecule has 3 rings (SSSR count). The second-order valence-electron chi connectivity index (χ2n) is 4.77. The van der Waals surface area contributed by atoms with Crippen LogP contribution in [-0.2, 0) is 0 Å². The van der Waals surface area contributed by atoms with Crippen LogP contribution in [0.2, 0.25) is 0 Å². The first-order valence-electron chi connectivity index (χ1n) is 6.72. The standard InChI is InChI=1S/C17H16FNO2/c1-19-16(12-7-3-4-9-14(12)20-2)15-10-11-6-5-8-13(18)17(11)21-15/h3-10,16,19H,1-2H3. The number of methoxy groups -OCH3 is 1. The van der Waals surface area contributed by atoms with E-state index in [0.29, 0.717) is 5.76 Å². The molecule has 0 amide bonds. The Morgan fingerprint density at radius 1 is 1.14 bits per heavy atom. The zero-order valence-corrected chi connectivity index (χ0v) is 11.9. The number of fused-ring (bicyclic) bond motifs is 1. The molecule has 0 fully saturated rings. The van der Waals surface area contributed by atoms with Crippen molar-refractivity contribution in [3.8, 4) is 5.75 Å². The lowest BCUT2D eigenvalue weighted by Crippen LogP contribution is -2.17. The van der Waals surface area contributed by atoms with Crippen molar-refractivity contribution in [3.05, 3.63) is 65.7 Å². The highest BCUT2D eigenvalue weighted by atomic mass is 19.1. The summed E-state index contributed by atoms with van der Waals surface area (Å²) in [5, 5.41) is 3.94. The first-order valence-corrected chi connectivity index (χ1v) is 6.72. The molecule has 4 heteroatoms. The highest BCUT2D eigenvalue weighted by molar-refractivity contribution is 5.78. The van der Waals surface area contributed by atoms with Gasteiger partial charge in [-0.1, -0.05) is 30.3 Å². The van der Waals surface area contributed by atoms with Crippen LogP contribution >= 0.6 is 0 Å². The molecule has 0 aliphatic rings. The van der Waals surface area contributed by atoms with Gasteiger partial charge in [-0.3, -0.25) is 0 Å². The molecule has 0 saturated heterocycles. The van der Waals surface area contributed by atoms with E-state index >= 15 is 0 Å². The van der Waals surface area contributed by atoms with Gasteiger partial charge < -0.3 is 14.5 Å². The largest absolute Gasteiger partial charge is 0.496 e. The van der Waals surface area contributed by atoms with Gasteiger partial charge in [-0.15, -0.1) is 0 Å². The SMILES string of the molecule is CNC(c1cc2cccc(F)c2o1)c1ccccc1OC. The Balaban J connectivity index is 2.12. The normalized spacial score (nSPS) is 12.5. The van der Waals surface area contributed by atoms with Crippen LogP contribution in [0.15, 0.2) is 52.9 Å². The summed E-state index contributed by atoms with van der Waals surface area (Å²) in [6.45, 7) is 0. The highest BCUT2D eigenvalue weighted by Gasteiger charge is 2.21. The maximum absolute atomic E-state index is 13.8. The topological polar surface area (TPSA) is 34.4 Å². The average molecular weight is 285 g/mol. The van der Waals surface area contributed by atoms with Crippen LogP contribution in [-0.4, -0.2) is 14.2 Å². The number of nitrogens with one attached hydrogen (secondary N) is 1. The van der Waals surface area contributed by atoms with Gasteiger partial charge in [0.1, 0.15) is 11.5 Å². The zero-order valence-electron chi connectivity index (χ0n) is 11.9. The third-order valence-corrected chi connectivity index (χ3v) is 3.54. The summed E-state index contributed by atoms with van der Waals surface area (Å²) < 4.78 is 24.9. The minimum absolute atomic E-state index is 0.201. The third kappa shape index (κ3) is 2.38. The van der Waals surface area contributed by atoms with Gasteiger partial charge in [0.05, 0.1) is 13.2 Å². The summed E-state index contributed by atoms with van der Waals surface area (Å²) in [5.41, 5.74) is 1.23. The van der Waals surface area contributed by atoms with Crippen molar-refractivity contribution in [1.29, 1.82) is 0 Å². The first kappa shape index (κ1) is 13.6. The minimum atomic E-state index is -0.353. The molecule has 3 aromatic rings. The van der Waals surface area contributed by atoms with E-state index in [1.165, 1.54) is 6.07 Å². The van der Waals surface area contributed by atoms with Gasteiger partial charge in [0, 0.05) is 10.9 Å². The van der Waals surface area contributed by atoms with Crippen molar-refractivity contribution in [2.24, 2.45) is 0 Å². The van der Waals surface area contributed by atoms with Gasteiger partial charge in [0.2, 0.25) is 0 Å². The molecular formula is C17H16FNO2. The molecular weight excluding hydrogens is 269 g/mol. The van der Waals surface area contributed by atoms with Crippen LogP contribution in [0.1, 0.15) is 17.4 Å². The number of hydrogen-bond donors (Lipinski definition) is 1. The summed E-state index contributed by atoms with van der Waals surface area (Å²) in [6.07, 6.45) is 0. The molecule has 0 spiro atoms. The Morgan fingerprint density at radius 2 is 1.95 bits per heavy atom. The van der Waals surface area contributed by atoms with Crippen molar-refractivity contribution >= 4 is 11.0 Å². The van der Waals surface area contributed by atoms with Gasteiger partial charge in [-0.2, -0.15) is 0 Å². The summed E-state index contributed by atoms with van der Waals surface area (Å²) in [5.74, 6) is 1.06. The number of furan rings is 1. The maximum atomic E-state index is 13.8. The lowest BCUT2D eigenvalue weighted by molar-refractivity contribution is 0.398. The van der Waals surface area contributed by atoms with Crippen LogP contribution < -0.4 is 10.1 Å². The predicted molar refractivity (Wildman–Crippen MR) is 80.1 cm³/mol. The van der Waals surface area contributed by atoms with Gasteiger partial charge in [-0.05, 0) is 25.2 Å². The third-order valence-electron chi connectivity index (χ3n) is 3.54. The molecule has 0 aliphatic carbocycles. The van der Waals surface area contributed by atoms with E-state index < -0.39 is 0 Å². The van der Waals surface area contributed by atoms with Gasteiger partial charge in [0.15, 0.2) is 11.4 Å². The van der Waals surface area contributed by atoms with Crippen LogP contribution in [0.3, 0.4) is 0 Å². The number of ether oxygens (including phenoxy) is 1. The minimum Gasteiger partial charge on any atom is -0.496 e. The molecule has 108 valence electrons. The van der Waals surface area contributed by atoms with E-state index in [4.69, 9.17) is 9.15 Å². The fourth-order valence-electron chi connectivity index (χ4n) is 2.55. The van der Waals surface area contributed by atoms with Crippen molar-refractivity contribution in [3.63, 3.8) is 0 Å². The number of halogens is 1. The van der Waals surface area contributed by atoms with E-state index in [1.54, 1.807) is 13.2 Å². The molecule has 1 unspecified atom stereocenters. The number of benzene rings is 2. The fraction of sp³-hybridized carbons (Fsp3) is 0.176. The van der Waals surface area contributed by atoms with Gasteiger partial charge in [0.25, 0.3) is 0 Å². The Bertz CT molecular complexity index is 766. The van der Waals surface area contributed by atoms with E-state index in [0.717, 1.165) is 16.7 Å². The molecule has 0 bridgehead atoms. The summed E-state index contributed by atoms with van der Waals surface area (Å²) in [4.78, 5) is 0. The van der Waals surface area contributed by atoms with E-state index in [9.17, 15) is 4.39 Å². The number of hydrogen-bond acceptors (Lipinski definition) is 3.